The van der Waals surface area contributed by atoms with Crippen molar-refractivity contribution in [3.05, 3.63) is 36.4 Å². The van der Waals surface area contributed by atoms with E-state index in [9.17, 15) is 4.21 Å². The summed E-state index contributed by atoms with van der Waals surface area (Å²) in [5.74, 6) is 0.672. The largest absolute Gasteiger partial charge is 0.285 e. The van der Waals surface area contributed by atoms with Crippen molar-refractivity contribution in [3.63, 3.8) is 0 Å². The second-order valence-corrected chi connectivity index (χ2v) is 9.51. The normalized spacial score (nSPS) is 12.3. The molecule has 0 saturated carbocycles. The fourth-order valence-electron chi connectivity index (χ4n) is 3.14. The van der Waals surface area contributed by atoms with Gasteiger partial charge in [-0.25, -0.2) is 9.19 Å². The van der Waals surface area contributed by atoms with Gasteiger partial charge in [-0.1, -0.05) is 13.8 Å². The van der Waals surface area contributed by atoms with Crippen molar-refractivity contribution >= 4 is 37.2 Å². The first-order valence-electron chi connectivity index (χ1n) is 8.30. The molecule has 0 amide bonds. The Morgan fingerprint density at radius 3 is 2.58 bits per heavy atom. The molecule has 0 fully saturated rings. The van der Waals surface area contributed by atoms with Gasteiger partial charge in [-0.15, -0.1) is 0 Å². The third-order valence-corrected chi connectivity index (χ3v) is 4.82. The van der Waals surface area contributed by atoms with E-state index in [2.05, 4.69) is 44.7 Å². The first kappa shape index (κ1) is 16.7. The summed E-state index contributed by atoms with van der Waals surface area (Å²) in [4.78, 5) is 4.81. The summed E-state index contributed by atoms with van der Waals surface area (Å²) in [6.07, 6.45) is 8.69. The molecule has 0 atom stereocenters. The van der Waals surface area contributed by atoms with E-state index >= 15 is 0 Å². The number of hydrogen-bond donors (Lipinski definition) is 2. The highest BCUT2D eigenvalue weighted by Gasteiger charge is 2.19. The van der Waals surface area contributed by atoms with E-state index < -0.39 is 9.73 Å². The Morgan fingerprint density at radius 2 is 1.92 bits per heavy atom. The number of aromatic amines is 2. The minimum absolute atomic E-state index is 0.170. The minimum Gasteiger partial charge on any atom is -0.285 e. The molecule has 7 nitrogen and oxygen atoms in total. The Balaban J connectivity index is 2.23. The maximum atomic E-state index is 12.4. The van der Waals surface area contributed by atoms with Crippen molar-refractivity contribution in [2.24, 2.45) is 4.36 Å². The molecular formula is C18H20N6OS. The Morgan fingerprint density at radius 1 is 1.12 bits per heavy atom. The van der Waals surface area contributed by atoms with Crippen LogP contribution in [0.3, 0.4) is 0 Å². The Hall–Kier alpha value is -2.74. The van der Waals surface area contributed by atoms with Gasteiger partial charge in [0.2, 0.25) is 0 Å². The van der Waals surface area contributed by atoms with Gasteiger partial charge >= 0.3 is 0 Å². The Labute approximate surface area is 151 Å². The van der Waals surface area contributed by atoms with Crippen LogP contribution in [0.25, 0.3) is 32.8 Å². The van der Waals surface area contributed by atoms with Crippen molar-refractivity contribution in [2.75, 3.05) is 12.5 Å². The van der Waals surface area contributed by atoms with Gasteiger partial charge in [-0.2, -0.15) is 14.6 Å². The molecule has 8 heteroatoms. The summed E-state index contributed by atoms with van der Waals surface area (Å²) in [6.45, 7) is 4.18. The summed E-state index contributed by atoms with van der Waals surface area (Å²) >= 11 is 0. The monoisotopic (exact) mass is 368 g/mol. The van der Waals surface area contributed by atoms with Crippen LogP contribution >= 0.6 is 0 Å². The van der Waals surface area contributed by atoms with Gasteiger partial charge in [0.05, 0.1) is 23.6 Å². The number of H-pyrrole nitrogens is 2. The third-order valence-electron chi connectivity index (χ3n) is 4.21. The van der Waals surface area contributed by atoms with Crippen molar-refractivity contribution in [1.29, 1.82) is 0 Å². The minimum atomic E-state index is -2.35. The molecule has 2 N–H and O–H groups in total. The number of benzene rings is 1. The zero-order valence-corrected chi connectivity index (χ0v) is 15.9. The van der Waals surface area contributed by atoms with Crippen molar-refractivity contribution < 1.29 is 4.21 Å². The van der Waals surface area contributed by atoms with Crippen LogP contribution in [0.5, 0.6) is 0 Å². The van der Waals surface area contributed by atoms with Crippen LogP contribution in [0.1, 0.15) is 25.5 Å². The summed E-state index contributed by atoms with van der Waals surface area (Å²) in [5.41, 5.74) is 3.79. The SMILES string of the molecule is CC(C)c1nc(N=S(C)(C)=O)c2cc3[nH]ncc3cc2c1-c1cn[nH]c1. The van der Waals surface area contributed by atoms with Crippen LogP contribution < -0.4 is 0 Å². The maximum Gasteiger partial charge on any atom is 0.169 e. The van der Waals surface area contributed by atoms with Crippen molar-refractivity contribution in [1.82, 2.24) is 25.4 Å². The molecule has 0 radical (unpaired) electrons. The molecule has 0 bridgehead atoms. The summed E-state index contributed by atoms with van der Waals surface area (Å²) in [7, 11) is -2.35. The highest BCUT2D eigenvalue weighted by Crippen LogP contribution is 2.40. The summed E-state index contributed by atoms with van der Waals surface area (Å²) < 4.78 is 16.8. The topological polar surface area (TPSA) is 99.7 Å². The van der Waals surface area contributed by atoms with Crippen LogP contribution in [0.2, 0.25) is 0 Å². The van der Waals surface area contributed by atoms with E-state index in [1.807, 2.05) is 12.3 Å². The fourth-order valence-corrected chi connectivity index (χ4v) is 3.69. The maximum absolute atomic E-state index is 12.4. The van der Waals surface area contributed by atoms with Gasteiger partial charge < -0.3 is 0 Å². The van der Waals surface area contributed by atoms with Gasteiger partial charge in [-0.3, -0.25) is 10.2 Å². The summed E-state index contributed by atoms with van der Waals surface area (Å²) in [5, 5.41) is 16.9. The van der Waals surface area contributed by atoms with Gasteiger partial charge in [0.25, 0.3) is 0 Å². The molecule has 134 valence electrons. The average molecular weight is 368 g/mol. The molecule has 0 saturated heterocycles. The molecule has 1 aromatic carbocycles. The van der Waals surface area contributed by atoms with E-state index in [4.69, 9.17) is 4.98 Å². The lowest BCUT2D eigenvalue weighted by Gasteiger charge is -2.16. The van der Waals surface area contributed by atoms with Crippen LogP contribution in [0.15, 0.2) is 35.1 Å². The van der Waals surface area contributed by atoms with E-state index in [0.717, 1.165) is 38.5 Å². The van der Waals surface area contributed by atoms with Crippen molar-refractivity contribution in [2.45, 2.75) is 19.8 Å². The molecule has 0 aliphatic rings. The number of nitrogens with zero attached hydrogens (tertiary/aromatic N) is 4. The third kappa shape index (κ3) is 2.86. The van der Waals surface area contributed by atoms with Gasteiger partial charge in [0.1, 0.15) is 0 Å². The smallest absolute Gasteiger partial charge is 0.169 e. The average Bonchev–Trinajstić information content (AvgIpc) is 3.22. The summed E-state index contributed by atoms with van der Waals surface area (Å²) in [6, 6.07) is 4.05. The van der Waals surface area contributed by atoms with Gasteiger partial charge in [0.15, 0.2) is 5.82 Å². The molecule has 3 aromatic heterocycles. The van der Waals surface area contributed by atoms with Crippen LogP contribution in [-0.4, -0.2) is 42.1 Å². The number of hydrogen-bond acceptors (Lipinski definition) is 5. The molecule has 26 heavy (non-hydrogen) atoms. The number of pyridine rings is 1. The number of fused-ring (bicyclic) bond motifs is 2. The van der Waals surface area contributed by atoms with E-state index in [-0.39, 0.29) is 5.92 Å². The van der Waals surface area contributed by atoms with E-state index in [0.29, 0.717) is 5.82 Å². The Kier molecular flexibility index (Phi) is 3.80. The quantitative estimate of drug-likeness (QED) is 0.571. The van der Waals surface area contributed by atoms with Crippen LogP contribution in [-0.2, 0) is 9.73 Å². The Bertz CT molecular complexity index is 1220. The predicted octanol–water partition coefficient (Wildman–Crippen LogP) is 3.98. The van der Waals surface area contributed by atoms with Gasteiger partial charge in [-0.05, 0) is 23.4 Å². The first-order valence-corrected chi connectivity index (χ1v) is 10.6. The zero-order valence-electron chi connectivity index (χ0n) is 15.1. The lowest BCUT2D eigenvalue weighted by Crippen LogP contribution is -2.00. The lowest BCUT2D eigenvalue weighted by molar-refractivity contribution is 0.684. The fraction of sp³-hybridized carbons (Fsp3) is 0.278. The molecule has 0 unspecified atom stereocenters. The van der Waals surface area contributed by atoms with Crippen LogP contribution in [0, 0.1) is 0 Å². The molecule has 0 aliphatic carbocycles. The molecule has 3 heterocycles. The molecular weight excluding hydrogens is 348 g/mol. The van der Waals surface area contributed by atoms with Crippen LogP contribution in [0.4, 0.5) is 5.82 Å². The van der Waals surface area contributed by atoms with E-state index in [1.165, 1.54) is 0 Å². The second-order valence-electron chi connectivity index (χ2n) is 6.96. The number of rotatable bonds is 3. The lowest BCUT2D eigenvalue weighted by atomic mass is 9.93. The van der Waals surface area contributed by atoms with Crippen molar-refractivity contribution in [3.8, 4) is 11.1 Å². The second kappa shape index (κ2) is 5.91. The molecule has 0 aliphatic heterocycles. The highest BCUT2D eigenvalue weighted by molar-refractivity contribution is 7.92. The first-order chi connectivity index (χ1) is 12.3. The van der Waals surface area contributed by atoms with Gasteiger partial charge in [0, 0.05) is 50.3 Å². The number of aromatic nitrogens is 5. The molecule has 4 aromatic rings. The molecule has 4 rings (SSSR count). The zero-order chi connectivity index (χ0) is 18.5. The standard InChI is InChI=1S/C18H20N6OS/c1-10(2)17-16(12-8-19-20-9-12)13-5-11-7-21-23-15(11)6-14(13)18(22-17)24-26(3,4)25/h5-10H,1-4H3,(H,19,20)(H,21,23). The highest BCUT2D eigenvalue weighted by atomic mass is 32.2. The molecule has 0 spiro atoms. The van der Waals surface area contributed by atoms with E-state index in [1.54, 1.807) is 24.9 Å². The predicted molar refractivity (Wildman–Crippen MR) is 105 cm³/mol. The number of nitrogens with one attached hydrogen (secondary N) is 2.